The van der Waals surface area contributed by atoms with E-state index in [1.807, 2.05) is 55.5 Å². The lowest BCUT2D eigenvalue weighted by Crippen LogP contribution is -2.45. The smallest absolute Gasteiger partial charge is 0.338 e. The van der Waals surface area contributed by atoms with Crippen molar-refractivity contribution in [2.75, 3.05) is 0 Å². The maximum absolute atomic E-state index is 13.3. The van der Waals surface area contributed by atoms with Gasteiger partial charge in [-0.15, -0.1) is 6.58 Å². The molecule has 0 N–H and O–H groups in total. The van der Waals surface area contributed by atoms with Crippen molar-refractivity contribution in [3.63, 3.8) is 0 Å². The summed E-state index contributed by atoms with van der Waals surface area (Å²) in [7, 11) is 0. The lowest BCUT2D eigenvalue weighted by Gasteiger charge is -2.37. The van der Waals surface area contributed by atoms with E-state index < -0.39 is 12.2 Å². The molecule has 6 rings (SSSR count). The van der Waals surface area contributed by atoms with Gasteiger partial charge in [-0.25, -0.2) is 9.59 Å². The second-order valence-electron chi connectivity index (χ2n) is 12.2. The molecule has 6 unspecified atom stereocenters. The van der Waals surface area contributed by atoms with Crippen LogP contribution in [0.1, 0.15) is 86.2 Å². The van der Waals surface area contributed by atoms with Gasteiger partial charge < -0.3 is 9.47 Å². The van der Waals surface area contributed by atoms with Crippen LogP contribution in [0, 0.1) is 31.6 Å². The van der Waals surface area contributed by atoms with E-state index in [-0.39, 0.29) is 23.8 Å². The van der Waals surface area contributed by atoms with E-state index in [4.69, 9.17) is 9.47 Å². The molecule has 3 aromatic rings. The molecule has 206 valence electrons. The number of aryl methyl sites for hydroxylation is 1. The molecule has 0 amide bonds. The standard InChI is InChI=1S/C36H38O4/c1-6-10-25-17-26(20(2)3)27-18-28-29-19-30(32(28)31(27)22(25)5)34(40-35(37)23-11-8-7-9-12-23)33(29)39-36(38)24-15-13-21(4)14-16-24/h6-9,11-17,20,28-30,32-34H,1,10,18-19H2,2-5H3. The van der Waals surface area contributed by atoms with E-state index >= 15 is 0 Å². The maximum atomic E-state index is 13.3. The summed E-state index contributed by atoms with van der Waals surface area (Å²) in [5.41, 5.74) is 9.14. The van der Waals surface area contributed by atoms with Crippen molar-refractivity contribution in [1.29, 1.82) is 0 Å². The third-order valence-electron chi connectivity index (χ3n) is 9.62. The molecular weight excluding hydrogens is 496 g/mol. The van der Waals surface area contributed by atoms with Crippen molar-refractivity contribution in [3.05, 3.63) is 118 Å². The first kappa shape index (κ1) is 26.6. The largest absolute Gasteiger partial charge is 0.455 e. The number of esters is 2. The van der Waals surface area contributed by atoms with Crippen molar-refractivity contribution < 1.29 is 19.1 Å². The summed E-state index contributed by atoms with van der Waals surface area (Å²) in [4.78, 5) is 26.7. The van der Waals surface area contributed by atoms with Crippen molar-refractivity contribution in [2.24, 2.45) is 17.8 Å². The Labute approximate surface area is 237 Å². The molecule has 0 radical (unpaired) electrons. The zero-order valence-corrected chi connectivity index (χ0v) is 23.9. The molecule has 0 heterocycles. The SMILES string of the molecule is C=CCc1cc(C(C)C)c2c(c1C)C1C(C2)C2CC1C(OC(=O)c1ccccc1)C2OC(=O)c1ccc(C)cc1. The minimum Gasteiger partial charge on any atom is -0.455 e. The minimum atomic E-state index is -0.482. The summed E-state index contributed by atoms with van der Waals surface area (Å²) in [6.07, 6.45) is 3.77. The van der Waals surface area contributed by atoms with Crippen LogP contribution in [-0.2, 0) is 22.3 Å². The van der Waals surface area contributed by atoms with Gasteiger partial charge in [-0.05, 0) is 103 Å². The van der Waals surface area contributed by atoms with Crippen LogP contribution >= 0.6 is 0 Å². The van der Waals surface area contributed by atoms with Crippen LogP contribution in [0.4, 0.5) is 0 Å². The van der Waals surface area contributed by atoms with E-state index in [9.17, 15) is 9.59 Å². The molecule has 2 saturated carbocycles. The van der Waals surface area contributed by atoms with Crippen LogP contribution < -0.4 is 0 Å². The van der Waals surface area contributed by atoms with Gasteiger partial charge in [0.2, 0.25) is 0 Å². The summed E-state index contributed by atoms with van der Waals surface area (Å²) in [5, 5.41) is 0. The number of rotatable bonds is 7. The summed E-state index contributed by atoms with van der Waals surface area (Å²) >= 11 is 0. The monoisotopic (exact) mass is 534 g/mol. The molecular formula is C36H38O4. The zero-order valence-electron chi connectivity index (χ0n) is 23.9. The number of hydrogen-bond donors (Lipinski definition) is 0. The van der Waals surface area contributed by atoms with E-state index in [1.165, 1.54) is 27.8 Å². The van der Waals surface area contributed by atoms with Crippen molar-refractivity contribution >= 4 is 11.9 Å². The molecule has 3 aromatic carbocycles. The second-order valence-corrected chi connectivity index (χ2v) is 12.2. The average molecular weight is 535 g/mol. The molecule has 3 aliphatic rings. The molecule has 4 heteroatoms. The molecule has 4 nitrogen and oxygen atoms in total. The Morgan fingerprint density at radius 3 is 2.15 bits per heavy atom. The highest BCUT2D eigenvalue weighted by molar-refractivity contribution is 5.90. The van der Waals surface area contributed by atoms with Gasteiger partial charge in [0.25, 0.3) is 0 Å². The first-order valence-electron chi connectivity index (χ1n) is 14.6. The van der Waals surface area contributed by atoms with Gasteiger partial charge in [0.1, 0.15) is 12.2 Å². The van der Waals surface area contributed by atoms with Gasteiger partial charge in [0, 0.05) is 11.8 Å². The predicted octanol–water partition coefficient (Wildman–Crippen LogP) is 7.51. The van der Waals surface area contributed by atoms with Gasteiger partial charge in [-0.3, -0.25) is 0 Å². The minimum absolute atomic E-state index is 0.109. The lowest BCUT2D eigenvalue weighted by molar-refractivity contribution is -0.0698. The summed E-state index contributed by atoms with van der Waals surface area (Å²) in [5.74, 6) is 0.631. The van der Waals surface area contributed by atoms with Crippen LogP contribution in [0.25, 0.3) is 0 Å². The van der Waals surface area contributed by atoms with E-state index in [1.54, 1.807) is 12.1 Å². The summed E-state index contributed by atoms with van der Waals surface area (Å²) < 4.78 is 12.6. The quantitative estimate of drug-likeness (QED) is 0.232. The zero-order chi connectivity index (χ0) is 28.1. The fourth-order valence-electron chi connectivity index (χ4n) is 7.82. The molecule has 40 heavy (non-hydrogen) atoms. The highest BCUT2D eigenvalue weighted by Crippen LogP contribution is 2.64. The molecule has 6 atom stereocenters. The topological polar surface area (TPSA) is 52.6 Å². The highest BCUT2D eigenvalue weighted by Gasteiger charge is 2.64. The van der Waals surface area contributed by atoms with Crippen LogP contribution in [0.5, 0.6) is 0 Å². The molecule has 0 aromatic heterocycles. The first-order valence-corrected chi connectivity index (χ1v) is 14.6. The van der Waals surface area contributed by atoms with Crippen molar-refractivity contribution in [1.82, 2.24) is 0 Å². The Morgan fingerprint density at radius 2 is 1.52 bits per heavy atom. The normalized spacial score (nSPS) is 25.9. The number of benzene rings is 3. The average Bonchev–Trinajstić information content (AvgIpc) is 3.61. The van der Waals surface area contributed by atoms with Crippen LogP contribution in [-0.4, -0.2) is 24.1 Å². The summed E-state index contributed by atoms with van der Waals surface area (Å²) in [6.45, 7) is 12.8. The Balaban J connectivity index is 1.38. The third-order valence-corrected chi connectivity index (χ3v) is 9.62. The Morgan fingerprint density at radius 1 is 0.900 bits per heavy atom. The highest BCUT2D eigenvalue weighted by atomic mass is 16.6. The number of ether oxygens (including phenoxy) is 2. The Hall–Kier alpha value is -3.66. The predicted molar refractivity (Wildman–Crippen MR) is 157 cm³/mol. The van der Waals surface area contributed by atoms with Gasteiger partial charge >= 0.3 is 11.9 Å². The van der Waals surface area contributed by atoms with E-state index in [0.717, 1.165) is 24.8 Å². The fourth-order valence-corrected chi connectivity index (χ4v) is 7.82. The molecule has 2 bridgehead atoms. The third kappa shape index (κ3) is 4.38. The molecule has 0 aliphatic heterocycles. The number of carbonyl (C=O) groups is 2. The Bertz CT molecular complexity index is 1450. The molecule has 0 saturated heterocycles. The van der Waals surface area contributed by atoms with Gasteiger partial charge in [0.05, 0.1) is 11.1 Å². The second kappa shape index (κ2) is 10.4. The Kier molecular flexibility index (Phi) is 6.90. The number of hydrogen-bond acceptors (Lipinski definition) is 4. The number of fused-ring (bicyclic) bond motifs is 7. The number of allylic oxidation sites excluding steroid dienone is 1. The van der Waals surface area contributed by atoms with Crippen LogP contribution in [0.3, 0.4) is 0 Å². The fraction of sp³-hybridized carbons (Fsp3) is 0.389. The molecule has 2 fully saturated rings. The van der Waals surface area contributed by atoms with Gasteiger partial charge in [-0.1, -0.05) is 61.9 Å². The van der Waals surface area contributed by atoms with Crippen LogP contribution in [0.2, 0.25) is 0 Å². The van der Waals surface area contributed by atoms with Gasteiger partial charge in [-0.2, -0.15) is 0 Å². The lowest BCUT2D eigenvalue weighted by atomic mass is 9.75. The van der Waals surface area contributed by atoms with Crippen molar-refractivity contribution in [3.8, 4) is 0 Å². The van der Waals surface area contributed by atoms with Crippen molar-refractivity contribution in [2.45, 2.75) is 71.0 Å². The van der Waals surface area contributed by atoms with Crippen LogP contribution in [0.15, 0.2) is 73.3 Å². The van der Waals surface area contributed by atoms with Gasteiger partial charge in [0.15, 0.2) is 0 Å². The molecule has 3 aliphatic carbocycles. The first-order chi connectivity index (χ1) is 19.3. The van der Waals surface area contributed by atoms with E-state index in [2.05, 4.69) is 33.4 Å². The maximum Gasteiger partial charge on any atom is 0.338 e. The van der Waals surface area contributed by atoms with E-state index in [0.29, 0.717) is 28.9 Å². The molecule has 0 spiro atoms. The summed E-state index contributed by atoms with van der Waals surface area (Å²) in [6, 6.07) is 19.0. The number of carbonyl (C=O) groups excluding carboxylic acids is 2.